The Bertz CT molecular complexity index is 705. The van der Waals surface area contributed by atoms with Crippen molar-refractivity contribution in [3.63, 3.8) is 0 Å². The maximum Gasteiger partial charge on any atom is 0.223 e. The van der Waals surface area contributed by atoms with Gasteiger partial charge in [0.05, 0.1) is 11.8 Å². The maximum atomic E-state index is 12.8. The summed E-state index contributed by atoms with van der Waals surface area (Å²) >= 11 is 0. The Kier molecular flexibility index (Phi) is 7.86. The van der Waals surface area contributed by atoms with Crippen LogP contribution in [0.25, 0.3) is 0 Å². The fraction of sp³-hybridized carbons (Fsp3) is 0.667. The molecule has 1 aliphatic rings. The van der Waals surface area contributed by atoms with Gasteiger partial charge in [0.15, 0.2) is 0 Å². The van der Waals surface area contributed by atoms with Crippen LogP contribution in [0.1, 0.15) is 64.1 Å². The normalized spacial score (nSPS) is 17.8. The Morgan fingerprint density at radius 1 is 1.15 bits per heavy atom. The molecule has 1 aliphatic heterocycles. The average Bonchev–Trinajstić information content (AvgIpc) is 2.67. The second-order valence-corrected chi connectivity index (χ2v) is 10.1. The lowest BCUT2D eigenvalue weighted by atomic mass is 9.92. The van der Waals surface area contributed by atoms with E-state index in [0.717, 1.165) is 18.4 Å². The topological polar surface area (TPSA) is 66.5 Å². The van der Waals surface area contributed by atoms with E-state index in [4.69, 9.17) is 0 Å². The van der Waals surface area contributed by atoms with Gasteiger partial charge in [-0.3, -0.25) is 4.79 Å². The number of nitrogens with zero attached hydrogens (tertiary/aromatic N) is 1. The average molecular weight is 395 g/mol. The molecule has 1 amide bonds. The summed E-state index contributed by atoms with van der Waals surface area (Å²) in [6.45, 7) is 8.93. The highest BCUT2D eigenvalue weighted by molar-refractivity contribution is 7.89. The number of hydrogen-bond acceptors (Lipinski definition) is 3. The molecule has 0 aromatic heterocycles. The van der Waals surface area contributed by atoms with Gasteiger partial charge in [-0.25, -0.2) is 12.7 Å². The van der Waals surface area contributed by atoms with E-state index in [9.17, 15) is 13.2 Å². The summed E-state index contributed by atoms with van der Waals surface area (Å²) in [4.78, 5) is 12.8. The molecule has 1 aromatic carbocycles. The number of carbonyl (C=O) groups excluding carboxylic acids is 1. The van der Waals surface area contributed by atoms with Crippen molar-refractivity contribution in [2.75, 3.05) is 18.8 Å². The number of carbonyl (C=O) groups is 1. The zero-order valence-electron chi connectivity index (χ0n) is 17.1. The van der Waals surface area contributed by atoms with Crippen molar-refractivity contribution in [2.45, 2.75) is 59.4 Å². The molecule has 0 bridgehead atoms. The Balaban J connectivity index is 1.99. The van der Waals surface area contributed by atoms with Crippen LogP contribution in [0.5, 0.6) is 0 Å². The number of benzene rings is 1. The van der Waals surface area contributed by atoms with Gasteiger partial charge >= 0.3 is 0 Å². The van der Waals surface area contributed by atoms with E-state index in [0.29, 0.717) is 25.9 Å². The standard InChI is InChI=1S/C21H34N2O3S/c1-5-7-17-8-10-18(11-9-17)20(16(3)4)22-21(24)19-12-14-23(15-13-19)27(25,26)6-2/h8-11,16,19-20H,5-7,12-15H2,1-4H3,(H,22,24). The van der Waals surface area contributed by atoms with Gasteiger partial charge in [0.1, 0.15) is 0 Å². The van der Waals surface area contributed by atoms with Crippen molar-refractivity contribution in [3.05, 3.63) is 35.4 Å². The number of sulfonamides is 1. The predicted octanol–water partition coefficient (Wildman–Crippen LogP) is 3.51. The smallest absolute Gasteiger partial charge is 0.223 e. The fourth-order valence-electron chi connectivity index (χ4n) is 3.67. The molecule has 0 saturated carbocycles. The molecule has 1 N–H and O–H groups in total. The SMILES string of the molecule is CCCc1ccc(C(NC(=O)C2CCN(S(=O)(=O)CC)CC2)C(C)C)cc1. The molecular formula is C21H34N2O3S. The van der Waals surface area contributed by atoms with Crippen molar-refractivity contribution in [3.8, 4) is 0 Å². The number of piperidine rings is 1. The first-order chi connectivity index (χ1) is 12.8. The Morgan fingerprint density at radius 3 is 2.22 bits per heavy atom. The third kappa shape index (κ3) is 5.79. The highest BCUT2D eigenvalue weighted by atomic mass is 32.2. The van der Waals surface area contributed by atoms with Crippen LogP contribution in [-0.4, -0.2) is 37.5 Å². The number of rotatable bonds is 8. The van der Waals surface area contributed by atoms with E-state index in [1.807, 2.05) is 0 Å². The quantitative estimate of drug-likeness (QED) is 0.734. The molecule has 1 fully saturated rings. The molecule has 2 rings (SSSR count). The van der Waals surface area contributed by atoms with E-state index in [2.05, 4.69) is 50.4 Å². The minimum absolute atomic E-state index is 0.0226. The van der Waals surface area contributed by atoms with Crippen LogP contribution in [0.4, 0.5) is 0 Å². The summed E-state index contributed by atoms with van der Waals surface area (Å²) < 4.78 is 25.5. The third-order valence-electron chi connectivity index (χ3n) is 5.42. The summed E-state index contributed by atoms with van der Waals surface area (Å²) in [5.74, 6) is 0.327. The predicted molar refractivity (Wildman–Crippen MR) is 110 cm³/mol. The van der Waals surface area contributed by atoms with Gasteiger partial charge in [0.25, 0.3) is 0 Å². The first-order valence-electron chi connectivity index (χ1n) is 10.2. The zero-order valence-corrected chi connectivity index (χ0v) is 17.9. The molecule has 152 valence electrons. The van der Waals surface area contributed by atoms with Gasteiger partial charge in [-0.05, 0) is 43.2 Å². The number of nitrogens with one attached hydrogen (secondary N) is 1. The van der Waals surface area contributed by atoms with Crippen molar-refractivity contribution in [1.29, 1.82) is 0 Å². The van der Waals surface area contributed by atoms with Gasteiger partial charge in [-0.15, -0.1) is 0 Å². The van der Waals surface area contributed by atoms with Crippen LogP contribution in [0.3, 0.4) is 0 Å². The van der Waals surface area contributed by atoms with Crippen molar-refractivity contribution >= 4 is 15.9 Å². The molecule has 5 nitrogen and oxygen atoms in total. The first-order valence-corrected chi connectivity index (χ1v) is 11.8. The summed E-state index contributed by atoms with van der Waals surface area (Å²) in [7, 11) is -3.16. The van der Waals surface area contributed by atoms with Crippen LogP contribution >= 0.6 is 0 Å². The summed E-state index contributed by atoms with van der Waals surface area (Å²) in [5.41, 5.74) is 2.45. The van der Waals surface area contributed by atoms with Crippen LogP contribution in [0.15, 0.2) is 24.3 Å². The number of aryl methyl sites for hydroxylation is 1. The van der Waals surface area contributed by atoms with E-state index >= 15 is 0 Å². The lowest BCUT2D eigenvalue weighted by Crippen LogP contribution is -2.44. The summed E-state index contributed by atoms with van der Waals surface area (Å²) in [5, 5.41) is 3.21. The van der Waals surface area contributed by atoms with Crippen molar-refractivity contribution < 1.29 is 13.2 Å². The molecule has 1 heterocycles. The lowest BCUT2D eigenvalue weighted by Gasteiger charge is -2.32. The Hall–Kier alpha value is -1.40. The molecule has 0 spiro atoms. The largest absolute Gasteiger partial charge is 0.349 e. The number of amides is 1. The molecule has 1 atom stereocenters. The maximum absolute atomic E-state index is 12.8. The molecule has 1 saturated heterocycles. The van der Waals surface area contributed by atoms with Gasteiger partial charge in [0.2, 0.25) is 15.9 Å². The monoisotopic (exact) mass is 394 g/mol. The highest BCUT2D eigenvalue weighted by Gasteiger charge is 2.31. The van der Waals surface area contributed by atoms with Gasteiger partial charge < -0.3 is 5.32 Å². The summed E-state index contributed by atoms with van der Waals surface area (Å²) in [6.07, 6.45) is 3.37. The van der Waals surface area contributed by atoms with Crippen molar-refractivity contribution in [1.82, 2.24) is 9.62 Å². The molecule has 0 aliphatic carbocycles. The van der Waals surface area contributed by atoms with Gasteiger partial charge in [-0.2, -0.15) is 0 Å². The molecular weight excluding hydrogens is 360 g/mol. The number of hydrogen-bond donors (Lipinski definition) is 1. The second kappa shape index (κ2) is 9.69. The van der Waals surface area contributed by atoms with Gasteiger partial charge in [0, 0.05) is 19.0 Å². The van der Waals surface area contributed by atoms with Crippen LogP contribution < -0.4 is 5.32 Å². The minimum Gasteiger partial charge on any atom is -0.349 e. The fourth-order valence-corrected chi connectivity index (χ4v) is 4.80. The van der Waals surface area contributed by atoms with Crippen molar-refractivity contribution in [2.24, 2.45) is 11.8 Å². The minimum atomic E-state index is -3.16. The van der Waals surface area contributed by atoms with Crippen LogP contribution in [0.2, 0.25) is 0 Å². The van der Waals surface area contributed by atoms with E-state index < -0.39 is 10.0 Å². The van der Waals surface area contributed by atoms with E-state index in [-0.39, 0.29) is 29.5 Å². The van der Waals surface area contributed by atoms with E-state index in [1.165, 1.54) is 9.87 Å². The van der Waals surface area contributed by atoms with Crippen LogP contribution in [-0.2, 0) is 21.2 Å². The van der Waals surface area contributed by atoms with Crippen LogP contribution in [0, 0.1) is 11.8 Å². The Labute approximate surface area is 164 Å². The molecule has 27 heavy (non-hydrogen) atoms. The first kappa shape index (κ1) is 21.9. The second-order valence-electron chi connectivity index (χ2n) is 7.80. The van der Waals surface area contributed by atoms with Gasteiger partial charge in [-0.1, -0.05) is 51.5 Å². The highest BCUT2D eigenvalue weighted by Crippen LogP contribution is 2.25. The third-order valence-corrected chi connectivity index (χ3v) is 7.31. The summed E-state index contributed by atoms with van der Waals surface area (Å²) in [6, 6.07) is 8.51. The zero-order chi connectivity index (χ0) is 20.0. The lowest BCUT2D eigenvalue weighted by molar-refractivity contribution is -0.127. The molecule has 0 radical (unpaired) electrons. The Morgan fingerprint density at radius 2 is 1.74 bits per heavy atom. The molecule has 6 heteroatoms. The molecule has 1 aromatic rings. The molecule has 1 unspecified atom stereocenters. The van der Waals surface area contributed by atoms with E-state index in [1.54, 1.807) is 6.92 Å².